The lowest BCUT2D eigenvalue weighted by molar-refractivity contribution is -0.127. The molecule has 2 aliphatic carbocycles. The van der Waals surface area contributed by atoms with Crippen LogP contribution in [0.5, 0.6) is 0 Å². The second-order valence-corrected chi connectivity index (χ2v) is 11.0. The Hall–Kier alpha value is -1.31. The van der Waals surface area contributed by atoms with Gasteiger partial charge in [0.25, 0.3) is 0 Å². The molecule has 1 saturated heterocycles. The summed E-state index contributed by atoms with van der Waals surface area (Å²) in [7, 11) is 0.373. The number of rotatable bonds is 3. The highest BCUT2D eigenvalue weighted by atomic mass is 32.2. The standard InChI is InChI=1S/C19H34N4O3S/c1-22(2)17(24)14-20-18(21-16-8-4-5-9-16)23-12-13-27(25,26)19(15-23)10-6-3-7-11-19/h16H,3-15H2,1-2H3,(H,20,21). The number of guanidine groups is 1. The Kier molecular flexibility index (Phi) is 6.33. The first kappa shape index (κ1) is 20.4. The second-order valence-electron chi connectivity index (χ2n) is 8.54. The maximum absolute atomic E-state index is 12.9. The Morgan fingerprint density at radius 1 is 1.15 bits per heavy atom. The van der Waals surface area contributed by atoms with Crippen LogP contribution in [0.25, 0.3) is 0 Å². The molecule has 1 heterocycles. The molecule has 0 aromatic carbocycles. The van der Waals surface area contributed by atoms with Gasteiger partial charge in [-0.15, -0.1) is 0 Å². The molecule has 1 amide bonds. The average Bonchev–Trinajstić information content (AvgIpc) is 3.15. The average molecular weight is 399 g/mol. The molecule has 0 atom stereocenters. The van der Waals surface area contributed by atoms with Gasteiger partial charge in [-0.3, -0.25) is 4.79 Å². The zero-order valence-corrected chi connectivity index (χ0v) is 17.6. The number of sulfone groups is 1. The van der Waals surface area contributed by atoms with Gasteiger partial charge in [0.1, 0.15) is 6.54 Å². The van der Waals surface area contributed by atoms with Gasteiger partial charge in [-0.05, 0) is 25.7 Å². The van der Waals surface area contributed by atoms with E-state index in [1.165, 1.54) is 12.8 Å². The monoisotopic (exact) mass is 398 g/mol. The highest BCUT2D eigenvalue weighted by Crippen LogP contribution is 2.38. The highest BCUT2D eigenvalue weighted by molar-refractivity contribution is 7.92. The van der Waals surface area contributed by atoms with Gasteiger partial charge >= 0.3 is 0 Å². The van der Waals surface area contributed by atoms with E-state index in [9.17, 15) is 13.2 Å². The Balaban J connectivity index is 1.80. The van der Waals surface area contributed by atoms with Gasteiger partial charge in [-0.2, -0.15) is 0 Å². The van der Waals surface area contributed by atoms with Crippen molar-refractivity contribution in [2.75, 3.05) is 39.5 Å². The zero-order chi connectivity index (χ0) is 19.5. The molecule has 0 aromatic heterocycles. The molecule has 0 unspecified atom stereocenters. The summed E-state index contributed by atoms with van der Waals surface area (Å²) >= 11 is 0. The Labute approximate surface area is 163 Å². The van der Waals surface area contributed by atoms with E-state index in [4.69, 9.17) is 0 Å². The third-order valence-corrected chi connectivity index (χ3v) is 8.96. The lowest BCUT2D eigenvalue weighted by Crippen LogP contribution is -2.61. The molecular formula is C19H34N4O3S. The number of hydrogen-bond donors (Lipinski definition) is 1. The molecule has 1 aliphatic heterocycles. The fourth-order valence-electron chi connectivity index (χ4n) is 4.59. The molecule has 1 N–H and O–H groups in total. The first-order valence-corrected chi connectivity index (χ1v) is 12.0. The van der Waals surface area contributed by atoms with Gasteiger partial charge in [-0.1, -0.05) is 32.1 Å². The fraction of sp³-hybridized carbons (Fsp3) is 0.895. The first-order valence-electron chi connectivity index (χ1n) is 10.3. The van der Waals surface area contributed by atoms with Gasteiger partial charge in [0.05, 0.1) is 10.5 Å². The van der Waals surface area contributed by atoms with Crippen LogP contribution in [0.15, 0.2) is 4.99 Å². The molecule has 8 heteroatoms. The minimum absolute atomic E-state index is 0.0438. The van der Waals surface area contributed by atoms with Crippen LogP contribution in [0.3, 0.4) is 0 Å². The summed E-state index contributed by atoms with van der Waals surface area (Å²) in [5, 5.41) is 3.54. The molecule has 27 heavy (non-hydrogen) atoms. The largest absolute Gasteiger partial charge is 0.353 e. The molecule has 7 nitrogen and oxygen atoms in total. The number of aliphatic imine (C=N–C) groups is 1. The van der Waals surface area contributed by atoms with Crippen LogP contribution in [0.2, 0.25) is 0 Å². The number of carbonyl (C=O) groups is 1. The predicted molar refractivity (Wildman–Crippen MR) is 108 cm³/mol. The molecule has 1 spiro atoms. The quantitative estimate of drug-likeness (QED) is 0.574. The third-order valence-electron chi connectivity index (χ3n) is 6.38. The Bertz CT molecular complexity index is 662. The van der Waals surface area contributed by atoms with Gasteiger partial charge in [0.15, 0.2) is 15.8 Å². The Morgan fingerprint density at radius 2 is 1.81 bits per heavy atom. The van der Waals surface area contributed by atoms with Crippen LogP contribution < -0.4 is 5.32 Å². The van der Waals surface area contributed by atoms with Crippen LogP contribution in [0.1, 0.15) is 57.8 Å². The van der Waals surface area contributed by atoms with Crippen LogP contribution in [0.4, 0.5) is 0 Å². The van der Waals surface area contributed by atoms with Crippen LogP contribution in [-0.4, -0.2) is 80.4 Å². The van der Waals surface area contributed by atoms with E-state index in [0.717, 1.165) is 50.9 Å². The second kappa shape index (κ2) is 8.37. The number of nitrogens with one attached hydrogen (secondary N) is 1. The molecule has 0 bridgehead atoms. The van der Waals surface area contributed by atoms with E-state index in [2.05, 4.69) is 15.2 Å². The fourth-order valence-corrected chi connectivity index (χ4v) is 6.75. The zero-order valence-electron chi connectivity index (χ0n) is 16.7. The van der Waals surface area contributed by atoms with E-state index in [0.29, 0.717) is 19.1 Å². The summed E-state index contributed by atoms with van der Waals surface area (Å²) in [6, 6.07) is 0.374. The maximum atomic E-state index is 12.9. The number of nitrogens with zero attached hydrogens (tertiary/aromatic N) is 3. The van der Waals surface area contributed by atoms with Crippen LogP contribution in [0, 0.1) is 0 Å². The molecular weight excluding hydrogens is 364 g/mol. The van der Waals surface area contributed by atoms with Gasteiger partial charge in [-0.25, -0.2) is 13.4 Å². The van der Waals surface area contributed by atoms with Crippen molar-refractivity contribution in [2.45, 2.75) is 68.6 Å². The summed E-state index contributed by atoms with van der Waals surface area (Å²) in [6.07, 6.45) is 9.22. The lowest BCUT2D eigenvalue weighted by Gasteiger charge is -2.45. The smallest absolute Gasteiger partial charge is 0.243 e. The molecule has 2 saturated carbocycles. The van der Waals surface area contributed by atoms with Crippen molar-refractivity contribution in [2.24, 2.45) is 4.99 Å². The van der Waals surface area contributed by atoms with E-state index in [1.54, 1.807) is 19.0 Å². The predicted octanol–water partition coefficient (Wildman–Crippen LogP) is 1.40. The molecule has 0 radical (unpaired) electrons. The summed E-state index contributed by atoms with van der Waals surface area (Å²) in [5.74, 6) is 0.856. The topological polar surface area (TPSA) is 82.1 Å². The third kappa shape index (κ3) is 4.58. The van der Waals surface area contributed by atoms with Gasteiger partial charge in [0, 0.05) is 33.2 Å². The summed E-state index contributed by atoms with van der Waals surface area (Å²) < 4.78 is 25.1. The molecule has 3 rings (SSSR count). The number of amides is 1. The highest BCUT2D eigenvalue weighted by Gasteiger charge is 2.49. The van der Waals surface area contributed by atoms with Crippen molar-refractivity contribution in [3.05, 3.63) is 0 Å². The molecule has 3 aliphatic rings. The van der Waals surface area contributed by atoms with E-state index >= 15 is 0 Å². The first-order chi connectivity index (χ1) is 12.8. The summed E-state index contributed by atoms with van der Waals surface area (Å²) in [4.78, 5) is 20.3. The molecule has 0 aromatic rings. The number of hydrogen-bond acceptors (Lipinski definition) is 4. The van der Waals surface area contributed by atoms with Crippen molar-refractivity contribution in [3.8, 4) is 0 Å². The van der Waals surface area contributed by atoms with Crippen molar-refractivity contribution >= 4 is 21.7 Å². The number of carbonyl (C=O) groups excluding carboxylic acids is 1. The van der Waals surface area contributed by atoms with Crippen molar-refractivity contribution in [3.63, 3.8) is 0 Å². The Morgan fingerprint density at radius 3 is 2.44 bits per heavy atom. The van der Waals surface area contributed by atoms with Crippen LogP contribution in [-0.2, 0) is 14.6 Å². The van der Waals surface area contributed by atoms with E-state index in [1.807, 2.05) is 0 Å². The SMILES string of the molecule is CN(C)C(=O)CN=C(NC1CCCC1)N1CCS(=O)(=O)C2(CCCCC2)C1. The van der Waals surface area contributed by atoms with Crippen LogP contribution >= 0.6 is 0 Å². The minimum Gasteiger partial charge on any atom is -0.353 e. The minimum atomic E-state index is -3.08. The van der Waals surface area contributed by atoms with Gasteiger partial charge < -0.3 is 15.1 Å². The van der Waals surface area contributed by atoms with Crippen molar-refractivity contribution in [1.82, 2.24) is 15.1 Å². The number of likely N-dealkylation sites (N-methyl/N-ethyl adjacent to an activating group) is 1. The van der Waals surface area contributed by atoms with E-state index in [-0.39, 0.29) is 18.2 Å². The van der Waals surface area contributed by atoms with E-state index < -0.39 is 14.6 Å². The van der Waals surface area contributed by atoms with Crippen molar-refractivity contribution < 1.29 is 13.2 Å². The maximum Gasteiger partial charge on any atom is 0.243 e. The van der Waals surface area contributed by atoms with Gasteiger partial charge in [0.2, 0.25) is 5.91 Å². The summed E-state index contributed by atoms with van der Waals surface area (Å²) in [6.45, 7) is 1.06. The lowest BCUT2D eigenvalue weighted by atomic mass is 9.87. The normalized spacial score (nSPS) is 25.6. The summed E-state index contributed by atoms with van der Waals surface area (Å²) in [5.41, 5.74) is 0. The molecule has 154 valence electrons. The van der Waals surface area contributed by atoms with Crippen molar-refractivity contribution in [1.29, 1.82) is 0 Å². The molecule has 3 fully saturated rings.